The molecule has 0 saturated heterocycles. The summed E-state index contributed by atoms with van der Waals surface area (Å²) in [5, 5.41) is 10.3. The van der Waals surface area contributed by atoms with E-state index in [4.69, 9.17) is 0 Å². The predicted octanol–water partition coefficient (Wildman–Crippen LogP) is 2.40. The molecule has 1 rings (SSSR count). The first kappa shape index (κ1) is 11.7. The number of carbonyl (C=O) groups excluding carboxylic acids is 1. The molecule has 0 heterocycles. The second kappa shape index (κ2) is 2.82. The Hall–Kier alpha value is -0.370. The van der Waals surface area contributed by atoms with Crippen molar-refractivity contribution in [1.29, 1.82) is 0 Å². The predicted molar refractivity (Wildman–Crippen MR) is 57.0 cm³/mol. The van der Waals surface area contributed by atoms with Gasteiger partial charge in [0, 0.05) is 0 Å². The molecule has 0 aromatic carbocycles. The lowest BCUT2D eigenvalue weighted by Gasteiger charge is -2.38. The minimum atomic E-state index is -0.848. The average Bonchev–Trinajstić information content (AvgIpc) is 1.90. The molecule has 14 heavy (non-hydrogen) atoms. The van der Waals surface area contributed by atoms with E-state index in [1.165, 1.54) is 0 Å². The van der Waals surface area contributed by atoms with Gasteiger partial charge in [-0.3, -0.25) is 4.79 Å². The highest BCUT2D eigenvalue weighted by molar-refractivity contribution is 5.81. The van der Waals surface area contributed by atoms with Crippen LogP contribution in [0.2, 0.25) is 0 Å². The molecule has 0 bridgehead atoms. The Morgan fingerprint density at radius 3 is 1.79 bits per heavy atom. The van der Waals surface area contributed by atoms with E-state index in [-0.39, 0.29) is 22.5 Å². The van der Waals surface area contributed by atoms with Crippen LogP contribution >= 0.6 is 0 Å². The van der Waals surface area contributed by atoms with Crippen molar-refractivity contribution in [1.82, 2.24) is 0 Å². The van der Waals surface area contributed by atoms with E-state index in [2.05, 4.69) is 27.7 Å². The number of rotatable bonds is 1. The van der Waals surface area contributed by atoms with Crippen LogP contribution in [0.3, 0.4) is 0 Å². The number of aliphatic hydroxyl groups is 1. The second-order valence-electron chi connectivity index (χ2n) is 6.18. The maximum atomic E-state index is 11.6. The summed E-state index contributed by atoms with van der Waals surface area (Å²) in [6, 6.07) is 0. The van der Waals surface area contributed by atoms with E-state index < -0.39 is 5.60 Å². The van der Waals surface area contributed by atoms with Crippen molar-refractivity contribution in [2.75, 3.05) is 0 Å². The number of hydrogen-bond donors (Lipinski definition) is 1. The zero-order valence-corrected chi connectivity index (χ0v) is 10.1. The number of carbonyl (C=O) groups is 1. The van der Waals surface area contributed by atoms with Crippen molar-refractivity contribution in [3.8, 4) is 0 Å². The third kappa shape index (κ3) is 1.40. The molecule has 1 fully saturated rings. The fraction of sp³-hybridized carbons (Fsp3) is 0.917. The van der Waals surface area contributed by atoms with Gasteiger partial charge >= 0.3 is 0 Å². The van der Waals surface area contributed by atoms with Crippen LogP contribution in [0.25, 0.3) is 0 Å². The van der Waals surface area contributed by atoms with Gasteiger partial charge in [-0.25, -0.2) is 0 Å². The fourth-order valence-electron chi connectivity index (χ4n) is 3.34. The van der Waals surface area contributed by atoms with Crippen molar-refractivity contribution in [2.45, 2.75) is 53.6 Å². The first-order chi connectivity index (χ1) is 6.02. The van der Waals surface area contributed by atoms with Crippen molar-refractivity contribution in [3.63, 3.8) is 0 Å². The van der Waals surface area contributed by atoms with Crippen LogP contribution in [0.4, 0.5) is 0 Å². The summed E-state index contributed by atoms with van der Waals surface area (Å²) >= 11 is 0. The summed E-state index contributed by atoms with van der Waals surface area (Å²) in [5.41, 5.74) is -0.978. The van der Waals surface area contributed by atoms with Gasteiger partial charge in [0.05, 0.1) is 11.5 Å². The third-order valence-corrected chi connectivity index (χ3v) is 4.29. The van der Waals surface area contributed by atoms with Crippen molar-refractivity contribution in [3.05, 3.63) is 0 Å². The summed E-state index contributed by atoms with van der Waals surface area (Å²) in [4.78, 5) is 11.6. The lowest BCUT2D eigenvalue weighted by atomic mass is 9.65. The molecule has 0 spiro atoms. The van der Waals surface area contributed by atoms with Gasteiger partial charge in [-0.05, 0) is 31.1 Å². The molecular formula is C12H22O2. The smallest absolute Gasteiger partial charge is 0.136 e. The minimum Gasteiger partial charge on any atom is -0.389 e. The second-order valence-corrected chi connectivity index (χ2v) is 6.18. The largest absolute Gasteiger partial charge is 0.389 e. The summed E-state index contributed by atoms with van der Waals surface area (Å²) in [7, 11) is 0. The first-order valence-electron chi connectivity index (χ1n) is 5.25. The molecule has 0 aromatic rings. The van der Waals surface area contributed by atoms with E-state index in [1.54, 1.807) is 13.8 Å². The van der Waals surface area contributed by atoms with Gasteiger partial charge in [-0.15, -0.1) is 0 Å². The summed E-state index contributed by atoms with van der Waals surface area (Å²) in [6.07, 6.45) is 0.692. The number of hydrogen-bond acceptors (Lipinski definition) is 2. The van der Waals surface area contributed by atoms with Crippen molar-refractivity contribution < 1.29 is 9.90 Å². The molecule has 0 amide bonds. The van der Waals surface area contributed by atoms with Crippen LogP contribution in [0, 0.1) is 16.7 Å². The molecule has 2 heteroatoms. The standard InChI is InChI=1S/C12H22O2/c1-8(13)9-11(4,5)10(2,3)7-12(9,6)14/h9,14H,7H2,1-6H3. The van der Waals surface area contributed by atoms with Gasteiger partial charge < -0.3 is 5.11 Å². The number of ketones is 1. The molecule has 2 atom stereocenters. The topological polar surface area (TPSA) is 37.3 Å². The van der Waals surface area contributed by atoms with Gasteiger partial charge in [0.2, 0.25) is 0 Å². The van der Waals surface area contributed by atoms with Gasteiger partial charge in [0.1, 0.15) is 5.78 Å². The van der Waals surface area contributed by atoms with Crippen LogP contribution in [0.1, 0.15) is 48.0 Å². The van der Waals surface area contributed by atoms with E-state index in [0.717, 1.165) is 0 Å². The molecule has 0 radical (unpaired) electrons. The quantitative estimate of drug-likeness (QED) is 0.702. The third-order valence-electron chi connectivity index (χ3n) is 4.29. The lowest BCUT2D eigenvalue weighted by molar-refractivity contribution is -0.132. The molecule has 1 aliphatic carbocycles. The van der Waals surface area contributed by atoms with E-state index in [0.29, 0.717) is 6.42 Å². The van der Waals surface area contributed by atoms with Crippen LogP contribution in [-0.4, -0.2) is 16.5 Å². The van der Waals surface area contributed by atoms with Crippen LogP contribution in [0.15, 0.2) is 0 Å². The molecule has 2 nitrogen and oxygen atoms in total. The maximum Gasteiger partial charge on any atom is 0.136 e. The van der Waals surface area contributed by atoms with Crippen LogP contribution in [0.5, 0.6) is 0 Å². The maximum absolute atomic E-state index is 11.6. The molecular weight excluding hydrogens is 176 g/mol. The first-order valence-corrected chi connectivity index (χ1v) is 5.25. The summed E-state index contributed by atoms with van der Waals surface area (Å²) in [5.74, 6) is -0.143. The van der Waals surface area contributed by atoms with E-state index >= 15 is 0 Å². The van der Waals surface area contributed by atoms with Gasteiger partial charge in [-0.1, -0.05) is 27.7 Å². The highest BCUT2D eigenvalue weighted by Gasteiger charge is 2.60. The lowest BCUT2D eigenvalue weighted by Crippen LogP contribution is -2.41. The molecule has 1 saturated carbocycles. The van der Waals surface area contributed by atoms with E-state index in [9.17, 15) is 9.90 Å². The van der Waals surface area contributed by atoms with Gasteiger partial charge in [0.25, 0.3) is 0 Å². The van der Waals surface area contributed by atoms with Gasteiger partial charge in [0.15, 0.2) is 0 Å². The van der Waals surface area contributed by atoms with E-state index in [1.807, 2.05) is 0 Å². The monoisotopic (exact) mass is 198 g/mol. The summed E-state index contributed by atoms with van der Waals surface area (Å²) in [6.45, 7) is 11.8. The Kier molecular flexibility index (Phi) is 2.35. The fourth-order valence-corrected chi connectivity index (χ4v) is 3.34. The molecule has 0 aromatic heterocycles. The normalized spacial score (nSPS) is 39.8. The van der Waals surface area contributed by atoms with Gasteiger partial charge in [-0.2, -0.15) is 0 Å². The summed E-state index contributed by atoms with van der Waals surface area (Å²) < 4.78 is 0. The number of Topliss-reactive ketones (excluding diaryl/α,β-unsaturated/α-hetero) is 1. The Morgan fingerprint density at radius 2 is 1.64 bits per heavy atom. The molecule has 2 unspecified atom stereocenters. The highest BCUT2D eigenvalue weighted by atomic mass is 16.3. The Morgan fingerprint density at radius 1 is 1.21 bits per heavy atom. The molecule has 82 valence electrons. The Balaban J connectivity index is 3.21. The van der Waals surface area contributed by atoms with Crippen molar-refractivity contribution >= 4 is 5.78 Å². The molecule has 0 aliphatic heterocycles. The Labute approximate surface area is 86.7 Å². The zero-order valence-electron chi connectivity index (χ0n) is 10.1. The SMILES string of the molecule is CC(=O)C1C(C)(O)CC(C)(C)C1(C)C. The van der Waals surface area contributed by atoms with Crippen molar-refractivity contribution in [2.24, 2.45) is 16.7 Å². The molecule has 1 aliphatic rings. The zero-order chi connectivity index (χ0) is 11.4. The highest BCUT2D eigenvalue weighted by Crippen LogP contribution is 2.59. The molecule has 1 N–H and O–H groups in total. The minimum absolute atomic E-state index is 0.00678. The average molecular weight is 198 g/mol. The van der Waals surface area contributed by atoms with Crippen LogP contribution in [-0.2, 0) is 4.79 Å². The Bertz CT molecular complexity index is 261. The van der Waals surface area contributed by atoms with Crippen LogP contribution < -0.4 is 0 Å².